The maximum atomic E-state index is 12.7. The van der Waals surface area contributed by atoms with E-state index >= 15 is 0 Å². The van der Waals surface area contributed by atoms with Crippen molar-refractivity contribution in [2.45, 2.75) is 0 Å². The molecule has 0 saturated heterocycles. The van der Waals surface area contributed by atoms with Crippen molar-refractivity contribution in [1.82, 2.24) is 5.32 Å². The summed E-state index contributed by atoms with van der Waals surface area (Å²) in [6, 6.07) is 2.97. The van der Waals surface area contributed by atoms with E-state index in [-0.39, 0.29) is 5.56 Å². The molecule has 1 amide bonds. The number of amides is 1. The number of benzene rings is 1. The Hall–Kier alpha value is -1.49. The number of hydrogen-bond acceptors (Lipinski definition) is 2. The fourth-order valence-electron chi connectivity index (χ4n) is 0.925. The molecule has 0 saturated carbocycles. The van der Waals surface area contributed by atoms with Crippen LogP contribution < -0.4 is 11.1 Å². The molecule has 3 nitrogen and oxygen atoms in total. The highest BCUT2D eigenvalue weighted by Crippen LogP contribution is 2.08. The topological polar surface area (TPSA) is 55.1 Å². The molecule has 14 heavy (non-hydrogen) atoms. The van der Waals surface area contributed by atoms with Gasteiger partial charge in [-0.2, -0.15) is 0 Å². The van der Waals surface area contributed by atoms with Gasteiger partial charge in [0.25, 0.3) is 5.91 Å². The molecule has 0 heterocycles. The Labute approximate surface area is 79.9 Å². The maximum Gasteiger partial charge on any atom is 0.251 e. The average molecular weight is 200 g/mol. The second-order valence-electron chi connectivity index (χ2n) is 2.67. The normalized spacial score (nSPS) is 9.93. The van der Waals surface area contributed by atoms with Crippen LogP contribution in [-0.4, -0.2) is 19.0 Å². The highest BCUT2D eigenvalue weighted by Gasteiger charge is 2.08. The van der Waals surface area contributed by atoms with Crippen LogP contribution in [0.1, 0.15) is 10.4 Å². The SMILES string of the molecule is NCCNC(=O)c1ccc(F)c(F)c1. The van der Waals surface area contributed by atoms with E-state index in [0.29, 0.717) is 13.1 Å². The van der Waals surface area contributed by atoms with Crippen LogP contribution in [0.3, 0.4) is 0 Å². The minimum absolute atomic E-state index is 0.0809. The Bertz CT molecular complexity index is 342. The molecule has 3 N–H and O–H groups in total. The van der Waals surface area contributed by atoms with Crippen molar-refractivity contribution < 1.29 is 13.6 Å². The number of halogens is 2. The zero-order valence-electron chi connectivity index (χ0n) is 7.39. The minimum atomic E-state index is -1.04. The first-order valence-electron chi connectivity index (χ1n) is 4.08. The van der Waals surface area contributed by atoms with E-state index in [1.165, 1.54) is 6.07 Å². The van der Waals surface area contributed by atoms with Crippen LogP contribution >= 0.6 is 0 Å². The summed E-state index contributed by atoms with van der Waals surface area (Å²) < 4.78 is 25.2. The molecular weight excluding hydrogens is 190 g/mol. The summed E-state index contributed by atoms with van der Waals surface area (Å²) in [7, 11) is 0. The van der Waals surface area contributed by atoms with Gasteiger partial charge < -0.3 is 11.1 Å². The summed E-state index contributed by atoms with van der Waals surface area (Å²) in [5.41, 5.74) is 5.24. The molecule has 5 heteroatoms. The first kappa shape index (κ1) is 10.6. The number of rotatable bonds is 3. The quantitative estimate of drug-likeness (QED) is 0.752. The van der Waals surface area contributed by atoms with Gasteiger partial charge in [-0.3, -0.25) is 4.79 Å². The molecule has 0 radical (unpaired) electrons. The minimum Gasteiger partial charge on any atom is -0.351 e. The predicted octanol–water partition coefficient (Wildman–Crippen LogP) is 0.653. The summed E-state index contributed by atoms with van der Waals surface area (Å²) >= 11 is 0. The van der Waals surface area contributed by atoms with Crippen LogP contribution in [0.5, 0.6) is 0 Å². The molecule has 0 spiro atoms. The predicted molar refractivity (Wildman–Crippen MR) is 47.7 cm³/mol. The third kappa shape index (κ3) is 2.50. The smallest absolute Gasteiger partial charge is 0.251 e. The van der Waals surface area contributed by atoms with Gasteiger partial charge in [-0.1, -0.05) is 0 Å². The van der Waals surface area contributed by atoms with Crippen molar-refractivity contribution in [1.29, 1.82) is 0 Å². The van der Waals surface area contributed by atoms with Crippen LogP contribution in [0.15, 0.2) is 18.2 Å². The molecule has 1 aromatic rings. The standard InChI is InChI=1S/C9H10F2N2O/c10-7-2-1-6(5-8(7)11)9(14)13-4-3-12/h1-2,5H,3-4,12H2,(H,13,14). The molecule has 1 aromatic carbocycles. The highest BCUT2D eigenvalue weighted by molar-refractivity contribution is 5.94. The van der Waals surface area contributed by atoms with Crippen LogP contribution in [0.4, 0.5) is 8.78 Å². The Kier molecular flexibility index (Phi) is 3.53. The lowest BCUT2D eigenvalue weighted by molar-refractivity contribution is 0.0954. The summed E-state index contributed by atoms with van der Waals surface area (Å²) in [6.07, 6.45) is 0. The molecule has 1 rings (SSSR count). The van der Waals surface area contributed by atoms with Gasteiger partial charge in [0.15, 0.2) is 11.6 Å². The lowest BCUT2D eigenvalue weighted by Crippen LogP contribution is -2.29. The summed E-state index contributed by atoms with van der Waals surface area (Å²) in [5.74, 6) is -2.47. The Balaban J connectivity index is 2.76. The monoisotopic (exact) mass is 200 g/mol. The van der Waals surface area contributed by atoms with Gasteiger partial charge in [-0.25, -0.2) is 8.78 Å². The van der Waals surface area contributed by atoms with Crippen molar-refractivity contribution in [2.24, 2.45) is 5.73 Å². The van der Waals surface area contributed by atoms with Crippen LogP contribution in [0.2, 0.25) is 0 Å². The molecule has 0 aliphatic rings. The lowest BCUT2D eigenvalue weighted by Gasteiger charge is -2.03. The van der Waals surface area contributed by atoms with Gasteiger partial charge in [-0.15, -0.1) is 0 Å². The fourth-order valence-corrected chi connectivity index (χ4v) is 0.925. The van der Waals surface area contributed by atoms with Gasteiger partial charge in [0.1, 0.15) is 0 Å². The number of nitrogens with two attached hydrogens (primary N) is 1. The van der Waals surface area contributed by atoms with E-state index in [4.69, 9.17) is 5.73 Å². The number of carbonyl (C=O) groups excluding carboxylic acids is 1. The molecule has 0 fully saturated rings. The number of carbonyl (C=O) groups is 1. The number of hydrogen-bond donors (Lipinski definition) is 2. The van der Waals surface area contributed by atoms with Crippen molar-refractivity contribution in [2.75, 3.05) is 13.1 Å². The summed E-state index contributed by atoms with van der Waals surface area (Å²) in [5, 5.41) is 2.44. The van der Waals surface area contributed by atoms with E-state index in [9.17, 15) is 13.6 Å². The van der Waals surface area contributed by atoms with E-state index in [2.05, 4.69) is 5.32 Å². The molecule has 0 atom stereocenters. The first-order chi connectivity index (χ1) is 6.65. The zero-order chi connectivity index (χ0) is 10.6. The molecule has 0 aliphatic carbocycles. The zero-order valence-corrected chi connectivity index (χ0v) is 7.39. The van der Waals surface area contributed by atoms with Gasteiger partial charge in [0, 0.05) is 18.7 Å². The summed E-state index contributed by atoms with van der Waals surface area (Å²) in [4.78, 5) is 11.2. The van der Waals surface area contributed by atoms with E-state index in [1.54, 1.807) is 0 Å². The highest BCUT2D eigenvalue weighted by atomic mass is 19.2. The van der Waals surface area contributed by atoms with Crippen molar-refractivity contribution >= 4 is 5.91 Å². The van der Waals surface area contributed by atoms with Gasteiger partial charge in [-0.05, 0) is 18.2 Å². The van der Waals surface area contributed by atoms with Crippen molar-refractivity contribution in [3.63, 3.8) is 0 Å². The second-order valence-corrected chi connectivity index (χ2v) is 2.67. The number of nitrogens with one attached hydrogen (secondary N) is 1. The van der Waals surface area contributed by atoms with Gasteiger partial charge >= 0.3 is 0 Å². The Morgan fingerprint density at radius 1 is 1.36 bits per heavy atom. The summed E-state index contributed by atoms with van der Waals surface area (Å²) in [6.45, 7) is 0.604. The average Bonchev–Trinajstić information content (AvgIpc) is 2.18. The Morgan fingerprint density at radius 3 is 2.64 bits per heavy atom. The van der Waals surface area contributed by atoms with E-state index in [1.807, 2.05) is 0 Å². The van der Waals surface area contributed by atoms with E-state index < -0.39 is 17.5 Å². The second kappa shape index (κ2) is 4.66. The fraction of sp³-hybridized carbons (Fsp3) is 0.222. The maximum absolute atomic E-state index is 12.7. The van der Waals surface area contributed by atoms with Crippen molar-refractivity contribution in [3.8, 4) is 0 Å². The van der Waals surface area contributed by atoms with Gasteiger partial charge in [0.05, 0.1) is 0 Å². The third-order valence-electron chi connectivity index (χ3n) is 1.61. The molecule has 0 bridgehead atoms. The Morgan fingerprint density at radius 2 is 2.07 bits per heavy atom. The van der Waals surface area contributed by atoms with Crippen LogP contribution in [-0.2, 0) is 0 Å². The van der Waals surface area contributed by atoms with Gasteiger partial charge in [0.2, 0.25) is 0 Å². The van der Waals surface area contributed by atoms with Crippen LogP contribution in [0.25, 0.3) is 0 Å². The molecule has 0 aliphatic heterocycles. The first-order valence-corrected chi connectivity index (χ1v) is 4.08. The molecule has 76 valence electrons. The van der Waals surface area contributed by atoms with E-state index in [0.717, 1.165) is 12.1 Å². The molecule has 0 aromatic heterocycles. The molecular formula is C9H10F2N2O. The lowest BCUT2D eigenvalue weighted by atomic mass is 10.2. The molecule has 0 unspecified atom stereocenters. The van der Waals surface area contributed by atoms with Crippen LogP contribution in [0, 0.1) is 11.6 Å². The third-order valence-corrected chi connectivity index (χ3v) is 1.61. The largest absolute Gasteiger partial charge is 0.351 e. The van der Waals surface area contributed by atoms with Crippen molar-refractivity contribution in [3.05, 3.63) is 35.4 Å².